The molecule has 0 bridgehead atoms. The molecule has 0 aromatic heterocycles. The number of hydrogen-bond donors (Lipinski definition) is 3. The lowest BCUT2D eigenvalue weighted by molar-refractivity contribution is -0.123. The molecule has 12 heteroatoms. The number of carbonyl (C=O) groups excluding carboxylic acids is 3. The van der Waals surface area contributed by atoms with E-state index in [1.807, 2.05) is 0 Å². The average molecular weight is 515 g/mol. The molecule has 8 nitrogen and oxygen atoms in total. The van der Waals surface area contributed by atoms with Crippen molar-refractivity contribution < 1.29 is 23.9 Å². The molecule has 0 aliphatic carbocycles. The molecule has 1 saturated heterocycles. The standard InChI is InChI=1S/C20H14Cl3N3O5S/c1-30-15-6-9(4-11-18(28)25-20(32)26-19(11)29)5-14(23)17(15)31-8-16(27)24-10-2-3-12(21)13(22)7-10/h2-7H,8H2,1H3,(H,24,27)(H2,25,26,28,29,32). The van der Waals surface area contributed by atoms with Gasteiger partial charge in [-0.05, 0) is 54.2 Å². The first kappa shape index (κ1) is 23.8. The molecule has 3 amide bonds. The predicted molar refractivity (Wildman–Crippen MR) is 125 cm³/mol. The van der Waals surface area contributed by atoms with Crippen molar-refractivity contribution >= 4 is 81.6 Å². The Morgan fingerprint density at radius 1 is 1.06 bits per heavy atom. The van der Waals surface area contributed by atoms with E-state index in [4.69, 9.17) is 56.5 Å². The Morgan fingerprint density at radius 3 is 2.38 bits per heavy atom. The van der Waals surface area contributed by atoms with Crippen molar-refractivity contribution in [2.24, 2.45) is 0 Å². The molecule has 166 valence electrons. The minimum Gasteiger partial charge on any atom is -0.493 e. The molecule has 1 aliphatic heterocycles. The van der Waals surface area contributed by atoms with Gasteiger partial charge in [-0.3, -0.25) is 25.0 Å². The highest BCUT2D eigenvalue weighted by atomic mass is 35.5. The molecule has 1 fully saturated rings. The van der Waals surface area contributed by atoms with Gasteiger partial charge in [0.25, 0.3) is 17.7 Å². The van der Waals surface area contributed by atoms with Gasteiger partial charge in [0, 0.05) is 5.69 Å². The lowest BCUT2D eigenvalue weighted by Gasteiger charge is -2.17. The van der Waals surface area contributed by atoms with Crippen molar-refractivity contribution in [2.75, 3.05) is 19.0 Å². The van der Waals surface area contributed by atoms with Crippen molar-refractivity contribution in [1.82, 2.24) is 10.6 Å². The number of methoxy groups -OCH3 is 1. The van der Waals surface area contributed by atoms with E-state index < -0.39 is 17.7 Å². The minimum atomic E-state index is -0.645. The van der Waals surface area contributed by atoms with Gasteiger partial charge in [-0.1, -0.05) is 34.8 Å². The number of hydrogen-bond acceptors (Lipinski definition) is 6. The van der Waals surface area contributed by atoms with Crippen LogP contribution in [0.4, 0.5) is 5.69 Å². The summed E-state index contributed by atoms with van der Waals surface area (Å²) in [4.78, 5) is 36.2. The van der Waals surface area contributed by atoms with E-state index in [2.05, 4.69) is 16.0 Å². The zero-order chi connectivity index (χ0) is 23.4. The fourth-order valence-electron chi connectivity index (χ4n) is 2.64. The van der Waals surface area contributed by atoms with Gasteiger partial charge in [-0.2, -0.15) is 0 Å². The Hall–Kier alpha value is -2.85. The molecule has 0 unspecified atom stereocenters. The summed E-state index contributed by atoms with van der Waals surface area (Å²) in [5, 5.41) is 7.97. The Kier molecular flexibility index (Phi) is 7.57. The number of thiocarbonyl (C=S) groups is 1. The highest BCUT2D eigenvalue weighted by Crippen LogP contribution is 2.37. The zero-order valence-corrected chi connectivity index (χ0v) is 19.3. The van der Waals surface area contributed by atoms with Crippen LogP contribution in [0.25, 0.3) is 6.08 Å². The van der Waals surface area contributed by atoms with Crippen LogP contribution in [-0.4, -0.2) is 36.6 Å². The zero-order valence-electron chi connectivity index (χ0n) is 16.3. The molecule has 0 atom stereocenters. The highest BCUT2D eigenvalue weighted by Gasteiger charge is 2.26. The second-order valence-electron chi connectivity index (χ2n) is 6.30. The Morgan fingerprint density at radius 2 is 1.75 bits per heavy atom. The number of anilines is 1. The first-order valence-electron chi connectivity index (χ1n) is 8.81. The summed E-state index contributed by atoms with van der Waals surface area (Å²) >= 11 is 22.8. The minimum absolute atomic E-state index is 0.0735. The van der Waals surface area contributed by atoms with Gasteiger partial charge in [-0.25, -0.2) is 0 Å². The van der Waals surface area contributed by atoms with E-state index in [1.54, 1.807) is 12.1 Å². The molecule has 1 heterocycles. The van der Waals surface area contributed by atoms with Crippen LogP contribution in [-0.2, 0) is 14.4 Å². The lowest BCUT2D eigenvalue weighted by Crippen LogP contribution is -2.51. The third-order valence-corrected chi connectivity index (χ3v) is 5.28. The van der Waals surface area contributed by atoms with Crippen LogP contribution in [0.15, 0.2) is 35.9 Å². The first-order chi connectivity index (χ1) is 15.2. The Bertz CT molecular complexity index is 1150. The number of rotatable bonds is 6. The van der Waals surface area contributed by atoms with Gasteiger partial charge in [0.05, 0.1) is 22.2 Å². The number of carbonyl (C=O) groups is 3. The van der Waals surface area contributed by atoms with Crippen molar-refractivity contribution in [2.45, 2.75) is 0 Å². The molecule has 32 heavy (non-hydrogen) atoms. The third-order valence-electron chi connectivity index (χ3n) is 4.06. The molecule has 0 saturated carbocycles. The van der Waals surface area contributed by atoms with E-state index >= 15 is 0 Å². The summed E-state index contributed by atoms with van der Waals surface area (Å²) < 4.78 is 10.8. The van der Waals surface area contributed by atoms with Crippen molar-refractivity contribution in [1.29, 1.82) is 0 Å². The first-order valence-corrected chi connectivity index (χ1v) is 10.4. The maximum absolute atomic E-state index is 12.2. The van der Waals surface area contributed by atoms with Crippen LogP contribution >= 0.6 is 47.0 Å². The molecule has 1 aliphatic rings. The molecule has 0 spiro atoms. The van der Waals surface area contributed by atoms with Crippen LogP contribution in [0.2, 0.25) is 15.1 Å². The van der Waals surface area contributed by atoms with Crippen LogP contribution in [0.5, 0.6) is 11.5 Å². The van der Waals surface area contributed by atoms with Crippen LogP contribution in [0.3, 0.4) is 0 Å². The van der Waals surface area contributed by atoms with Gasteiger partial charge < -0.3 is 14.8 Å². The van der Waals surface area contributed by atoms with E-state index in [0.29, 0.717) is 21.3 Å². The molecule has 3 N–H and O–H groups in total. The van der Waals surface area contributed by atoms with Gasteiger partial charge in [-0.15, -0.1) is 0 Å². The van der Waals surface area contributed by atoms with Gasteiger partial charge in [0.2, 0.25) is 0 Å². The normalized spacial score (nSPS) is 13.2. The van der Waals surface area contributed by atoms with E-state index in [1.165, 1.54) is 31.4 Å². The molecular formula is C20H14Cl3N3O5S. The average Bonchev–Trinajstić information content (AvgIpc) is 2.72. The van der Waals surface area contributed by atoms with Gasteiger partial charge in [0.15, 0.2) is 23.2 Å². The smallest absolute Gasteiger partial charge is 0.263 e. The lowest BCUT2D eigenvalue weighted by atomic mass is 10.1. The van der Waals surface area contributed by atoms with Gasteiger partial charge >= 0.3 is 0 Å². The van der Waals surface area contributed by atoms with Crippen molar-refractivity contribution in [3.05, 3.63) is 56.5 Å². The van der Waals surface area contributed by atoms with Crippen LogP contribution in [0, 0.1) is 0 Å². The maximum Gasteiger partial charge on any atom is 0.263 e. The third kappa shape index (κ3) is 5.68. The summed E-state index contributed by atoms with van der Waals surface area (Å²) in [7, 11) is 1.38. The Labute approximate surface area is 202 Å². The summed E-state index contributed by atoms with van der Waals surface area (Å²) in [5.41, 5.74) is 0.676. The SMILES string of the molecule is COc1cc(C=C2C(=O)NC(=S)NC2=O)cc(Cl)c1OCC(=O)Nc1ccc(Cl)c(Cl)c1. The Balaban J connectivity index is 1.75. The molecule has 2 aromatic carbocycles. The number of halogens is 3. The molecular weight excluding hydrogens is 501 g/mol. The summed E-state index contributed by atoms with van der Waals surface area (Å²) in [5.74, 6) is -1.46. The summed E-state index contributed by atoms with van der Waals surface area (Å²) in [6, 6.07) is 7.59. The molecule has 0 radical (unpaired) electrons. The fourth-order valence-corrected chi connectivity index (χ4v) is 3.40. The number of benzene rings is 2. The number of amides is 3. The fraction of sp³-hybridized carbons (Fsp3) is 0.100. The quantitative estimate of drug-likeness (QED) is 0.309. The second-order valence-corrected chi connectivity index (χ2v) is 7.93. The highest BCUT2D eigenvalue weighted by molar-refractivity contribution is 7.80. The van der Waals surface area contributed by atoms with E-state index in [0.717, 1.165) is 0 Å². The number of nitrogens with one attached hydrogen (secondary N) is 3. The van der Waals surface area contributed by atoms with Crippen LogP contribution < -0.4 is 25.4 Å². The topological polar surface area (TPSA) is 106 Å². The van der Waals surface area contributed by atoms with Crippen LogP contribution in [0.1, 0.15) is 5.56 Å². The number of ether oxygens (including phenoxy) is 2. The summed E-state index contributed by atoms with van der Waals surface area (Å²) in [6.45, 7) is -0.376. The van der Waals surface area contributed by atoms with Crippen molar-refractivity contribution in [3.63, 3.8) is 0 Å². The second kappa shape index (κ2) is 10.2. The molecule has 2 aromatic rings. The maximum atomic E-state index is 12.2. The van der Waals surface area contributed by atoms with E-state index in [9.17, 15) is 14.4 Å². The van der Waals surface area contributed by atoms with E-state index in [-0.39, 0.29) is 33.8 Å². The van der Waals surface area contributed by atoms with Crippen molar-refractivity contribution in [3.8, 4) is 11.5 Å². The van der Waals surface area contributed by atoms with Gasteiger partial charge in [0.1, 0.15) is 5.57 Å². The molecule has 3 rings (SSSR count). The predicted octanol–water partition coefficient (Wildman–Crippen LogP) is 3.59. The monoisotopic (exact) mass is 513 g/mol. The largest absolute Gasteiger partial charge is 0.493 e. The summed E-state index contributed by atoms with van der Waals surface area (Å²) in [6.07, 6.45) is 1.32.